The highest BCUT2D eigenvalue weighted by Crippen LogP contribution is 2.45. The maximum Gasteiger partial charge on any atom is 0.227 e. The van der Waals surface area contributed by atoms with Crippen LogP contribution in [0.3, 0.4) is 0 Å². The second-order valence-corrected chi connectivity index (χ2v) is 10.8. The van der Waals surface area contributed by atoms with Crippen LogP contribution in [0.15, 0.2) is 34.5 Å². The Morgan fingerprint density at radius 1 is 1.26 bits per heavy atom. The van der Waals surface area contributed by atoms with Crippen molar-refractivity contribution in [3.63, 3.8) is 0 Å². The first-order valence-corrected chi connectivity index (χ1v) is 14.2. The van der Waals surface area contributed by atoms with Gasteiger partial charge in [-0.25, -0.2) is 19.9 Å². The number of nitrogens with one attached hydrogen (secondary N) is 1. The van der Waals surface area contributed by atoms with Crippen molar-refractivity contribution in [3.05, 3.63) is 41.7 Å². The summed E-state index contributed by atoms with van der Waals surface area (Å²) in [5.74, 6) is 3.13. The van der Waals surface area contributed by atoms with Crippen molar-refractivity contribution in [2.75, 3.05) is 30.1 Å². The number of amidine groups is 1. The Bertz CT molecular complexity index is 1330. The van der Waals surface area contributed by atoms with Gasteiger partial charge in [0.05, 0.1) is 30.7 Å². The van der Waals surface area contributed by atoms with Crippen molar-refractivity contribution in [2.45, 2.75) is 70.4 Å². The molecule has 1 atom stereocenters. The molecular formula is C28H36N8O2S. The van der Waals surface area contributed by atoms with Gasteiger partial charge in [-0.1, -0.05) is 13.8 Å². The third kappa shape index (κ3) is 6.70. The Kier molecular flexibility index (Phi) is 9.45. The molecule has 39 heavy (non-hydrogen) atoms. The maximum absolute atomic E-state index is 12.0. The van der Waals surface area contributed by atoms with E-state index in [9.17, 15) is 4.79 Å². The van der Waals surface area contributed by atoms with E-state index in [1.165, 1.54) is 6.33 Å². The fourth-order valence-electron chi connectivity index (χ4n) is 4.12. The molecule has 1 N–H and O–H groups in total. The number of anilines is 2. The number of carbonyl (C=O) groups is 1. The van der Waals surface area contributed by atoms with E-state index in [0.717, 1.165) is 46.9 Å². The highest BCUT2D eigenvalue weighted by molar-refractivity contribution is 7.99. The van der Waals surface area contributed by atoms with Crippen LogP contribution in [0.1, 0.15) is 63.0 Å². The third-order valence-corrected chi connectivity index (χ3v) is 7.63. The lowest BCUT2D eigenvalue weighted by Gasteiger charge is -2.28. The van der Waals surface area contributed by atoms with Gasteiger partial charge in [0, 0.05) is 30.1 Å². The van der Waals surface area contributed by atoms with Gasteiger partial charge >= 0.3 is 0 Å². The summed E-state index contributed by atoms with van der Waals surface area (Å²) in [6.45, 7) is 8.52. The van der Waals surface area contributed by atoms with Crippen LogP contribution >= 0.6 is 11.8 Å². The molecule has 1 aliphatic rings. The van der Waals surface area contributed by atoms with Crippen LogP contribution in [0, 0.1) is 6.92 Å². The summed E-state index contributed by atoms with van der Waals surface area (Å²) in [6, 6.07) is 4.14. The number of thioether (sulfide) groups is 1. The van der Waals surface area contributed by atoms with Crippen LogP contribution in [0.2, 0.25) is 0 Å². The van der Waals surface area contributed by atoms with Gasteiger partial charge in [-0.2, -0.15) is 0 Å². The molecule has 1 aliphatic carbocycles. The van der Waals surface area contributed by atoms with E-state index in [2.05, 4.69) is 50.9 Å². The van der Waals surface area contributed by atoms with Crippen molar-refractivity contribution >= 4 is 35.4 Å². The number of aromatic nitrogens is 5. The molecule has 3 aromatic rings. The van der Waals surface area contributed by atoms with Crippen LogP contribution < -0.4 is 15.0 Å². The number of aliphatic imine (C=N–C) groups is 1. The van der Waals surface area contributed by atoms with Gasteiger partial charge in [0.15, 0.2) is 23.8 Å². The van der Waals surface area contributed by atoms with Gasteiger partial charge in [0.25, 0.3) is 0 Å². The average Bonchev–Trinajstić information content (AvgIpc) is 3.81. The zero-order valence-electron chi connectivity index (χ0n) is 23.4. The summed E-state index contributed by atoms with van der Waals surface area (Å²) in [5.41, 5.74) is 3.70. The molecule has 4 rings (SSSR count). The molecule has 10 nitrogen and oxygen atoms in total. The van der Waals surface area contributed by atoms with Crippen molar-refractivity contribution < 1.29 is 9.53 Å². The highest BCUT2D eigenvalue weighted by atomic mass is 32.2. The van der Waals surface area contributed by atoms with E-state index in [4.69, 9.17) is 14.7 Å². The Morgan fingerprint density at radius 3 is 2.67 bits per heavy atom. The number of nitrogens with zero attached hydrogens (tertiary/aromatic N) is 7. The number of aryl methyl sites for hydroxylation is 1. The highest BCUT2D eigenvalue weighted by Gasteiger charge is 2.32. The molecule has 3 aromatic heterocycles. The minimum absolute atomic E-state index is 0.182. The first-order valence-electron chi connectivity index (χ1n) is 13.2. The van der Waals surface area contributed by atoms with Gasteiger partial charge in [-0.3, -0.25) is 14.8 Å². The lowest BCUT2D eigenvalue weighted by atomic mass is 10.1. The van der Waals surface area contributed by atoms with E-state index < -0.39 is 0 Å². The normalized spacial score (nSPS) is 14.2. The molecule has 1 unspecified atom stereocenters. The lowest BCUT2D eigenvalue weighted by molar-refractivity contribution is -0.102. The standard InChI is InChI=1S/C28H36N8O2S/c1-7-17(3)36(5)27-24(34-22(15-37)30-13-20-11-12-21(14-29-20)39-8-2)18(4)33-26(35-27)23-25(19-9-10-19)31-16-32-28(23)38-6/h11-12,14-17,19H,7-10,13H2,1-6H3,(H,30,34). The van der Waals surface area contributed by atoms with Crippen LogP contribution in [0.4, 0.5) is 11.5 Å². The van der Waals surface area contributed by atoms with E-state index in [-0.39, 0.29) is 18.4 Å². The van der Waals surface area contributed by atoms with E-state index in [0.29, 0.717) is 41.1 Å². The SMILES string of the molecule is CCSc1ccc(CN=C(C=O)Nc2c(C)nc(-c3c(OC)ncnc3C3CC3)nc2N(C)C(C)CC)nc1. The molecule has 11 heteroatoms. The molecule has 3 heterocycles. The number of pyridine rings is 1. The van der Waals surface area contributed by atoms with Crippen LogP contribution in [-0.4, -0.2) is 63.0 Å². The Hall–Kier alpha value is -3.60. The minimum atomic E-state index is 0.182. The molecule has 1 saturated carbocycles. The monoisotopic (exact) mass is 548 g/mol. The predicted octanol–water partition coefficient (Wildman–Crippen LogP) is 5.08. The fourth-order valence-corrected chi connectivity index (χ4v) is 4.75. The lowest BCUT2D eigenvalue weighted by Crippen LogP contribution is -2.31. The predicted molar refractivity (Wildman–Crippen MR) is 156 cm³/mol. The second kappa shape index (κ2) is 13.0. The minimum Gasteiger partial charge on any atom is -0.480 e. The first kappa shape index (κ1) is 28.4. The molecule has 206 valence electrons. The zero-order valence-corrected chi connectivity index (χ0v) is 24.2. The van der Waals surface area contributed by atoms with Gasteiger partial charge in [-0.05, 0) is 51.0 Å². The summed E-state index contributed by atoms with van der Waals surface area (Å²) in [7, 11) is 3.58. The van der Waals surface area contributed by atoms with Crippen LogP contribution in [0.25, 0.3) is 11.4 Å². The molecule has 0 amide bonds. The number of hydrogen-bond acceptors (Lipinski definition) is 10. The number of ether oxygens (including phenoxy) is 1. The van der Waals surface area contributed by atoms with Crippen LogP contribution in [0.5, 0.6) is 5.88 Å². The van der Waals surface area contributed by atoms with E-state index >= 15 is 0 Å². The third-order valence-electron chi connectivity index (χ3n) is 6.76. The zero-order chi connectivity index (χ0) is 27.9. The van der Waals surface area contributed by atoms with Crippen LogP contribution in [-0.2, 0) is 11.3 Å². The number of methoxy groups -OCH3 is 1. The molecule has 0 aromatic carbocycles. The van der Waals surface area contributed by atoms with Gasteiger partial charge in [-0.15, -0.1) is 11.8 Å². The molecule has 0 radical (unpaired) electrons. The maximum atomic E-state index is 12.0. The fraction of sp³-hybridized carbons (Fsp3) is 0.464. The largest absolute Gasteiger partial charge is 0.480 e. The number of aldehydes is 1. The summed E-state index contributed by atoms with van der Waals surface area (Å²) in [5, 5.41) is 3.21. The second-order valence-electron chi connectivity index (χ2n) is 9.48. The topological polar surface area (TPSA) is 118 Å². The molecule has 0 saturated heterocycles. The smallest absolute Gasteiger partial charge is 0.227 e. The van der Waals surface area contributed by atoms with Crippen molar-refractivity contribution in [2.24, 2.45) is 4.99 Å². The van der Waals surface area contributed by atoms with E-state index in [1.54, 1.807) is 18.9 Å². The van der Waals surface area contributed by atoms with Crippen molar-refractivity contribution in [1.29, 1.82) is 0 Å². The molecule has 1 fully saturated rings. The van der Waals surface area contributed by atoms with E-state index in [1.807, 2.05) is 32.3 Å². The molecule has 0 aliphatic heterocycles. The summed E-state index contributed by atoms with van der Waals surface area (Å²) in [4.78, 5) is 42.9. The Balaban J connectivity index is 1.72. The first-order chi connectivity index (χ1) is 18.9. The molecular weight excluding hydrogens is 512 g/mol. The van der Waals surface area contributed by atoms with Crippen molar-refractivity contribution in [3.8, 4) is 17.3 Å². The quantitative estimate of drug-likeness (QED) is 0.142. The Morgan fingerprint density at radius 2 is 2.05 bits per heavy atom. The Labute approximate surface area is 234 Å². The molecule has 0 bridgehead atoms. The number of hydrogen-bond donors (Lipinski definition) is 1. The summed E-state index contributed by atoms with van der Waals surface area (Å²) < 4.78 is 5.60. The van der Waals surface area contributed by atoms with Crippen molar-refractivity contribution in [1.82, 2.24) is 24.9 Å². The average molecular weight is 549 g/mol. The van der Waals surface area contributed by atoms with Gasteiger partial charge in [0.2, 0.25) is 5.88 Å². The number of carbonyl (C=O) groups excluding carboxylic acids is 1. The number of rotatable bonds is 12. The molecule has 0 spiro atoms. The summed E-state index contributed by atoms with van der Waals surface area (Å²) in [6.07, 6.45) is 7.12. The van der Waals surface area contributed by atoms with Gasteiger partial charge in [0.1, 0.15) is 17.6 Å². The van der Waals surface area contributed by atoms with Gasteiger partial charge < -0.3 is 15.0 Å². The summed E-state index contributed by atoms with van der Waals surface area (Å²) >= 11 is 1.73.